The zero-order valence-electron chi connectivity index (χ0n) is 12.7. The third-order valence-electron chi connectivity index (χ3n) is 3.64. The van der Waals surface area contributed by atoms with Gasteiger partial charge < -0.3 is 10.2 Å². The van der Waals surface area contributed by atoms with E-state index in [1.54, 1.807) is 6.92 Å². The number of piperazine rings is 1. The van der Waals surface area contributed by atoms with Crippen LogP contribution in [0.15, 0.2) is 29.2 Å². The highest BCUT2D eigenvalue weighted by Gasteiger charge is 2.30. The van der Waals surface area contributed by atoms with Crippen molar-refractivity contribution in [3.63, 3.8) is 0 Å². The third-order valence-corrected chi connectivity index (χ3v) is 5.47. The SMILES string of the molecule is CC1C(=O)NCCN1C(=O)c1ccc(S(=O)(=O)N(C)C)cc1. The number of carbonyl (C=O) groups excluding carboxylic acids is 2. The van der Waals surface area contributed by atoms with Crippen LogP contribution in [0.2, 0.25) is 0 Å². The van der Waals surface area contributed by atoms with Crippen LogP contribution in [0.25, 0.3) is 0 Å². The van der Waals surface area contributed by atoms with Crippen LogP contribution in [-0.4, -0.2) is 62.7 Å². The van der Waals surface area contributed by atoms with Gasteiger partial charge in [-0.1, -0.05) is 0 Å². The number of hydrogen-bond acceptors (Lipinski definition) is 4. The van der Waals surface area contributed by atoms with Crippen LogP contribution in [-0.2, 0) is 14.8 Å². The lowest BCUT2D eigenvalue weighted by Gasteiger charge is -2.32. The van der Waals surface area contributed by atoms with Crippen LogP contribution in [0, 0.1) is 0 Å². The molecule has 2 rings (SSSR count). The summed E-state index contributed by atoms with van der Waals surface area (Å²) in [5.41, 5.74) is 0.360. The van der Waals surface area contributed by atoms with Crippen LogP contribution >= 0.6 is 0 Å². The standard InChI is InChI=1S/C14H19N3O4S/c1-10-13(18)15-8-9-17(10)14(19)11-4-6-12(7-5-11)22(20,21)16(2)3/h4-7,10H,8-9H2,1-3H3,(H,15,18). The summed E-state index contributed by atoms with van der Waals surface area (Å²) < 4.78 is 25.1. The topological polar surface area (TPSA) is 86.8 Å². The molecular formula is C14H19N3O4S. The van der Waals surface area contributed by atoms with E-state index in [0.717, 1.165) is 4.31 Å². The molecule has 0 bridgehead atoms. The minimum atomic E-state index is -3.52. The van der Waals surface area contributed by atoms with Gasteiger partial charge in [-0.25, -0.2) is 12.7 Å². The Morgan fingerprint density at radius 1 is 1.27 bits per heavy atom. The molecule has 7 nitrogen and oxygen atoms in total. The highest BCUT2D eigenvalue weighted by atomic mass is 32.2. The molecule has 1 heterocycles. The molecule has 1 saturated heterocycles. The van der Waals surface area contributed by atoms with Crippen molar-refractivity contribution in [3.8, 4) is 0 Å². The van der Waals surface area contributed by atoms with E-state index in [-0.39, 0.29) is 16.7 Å². The van der Waals surface area contributed by atoms with Crippen LogP contribution in [0.3, 0.4) is 0 Å². The summed E-state index contributed by atoms with van der Waals surface area (Å²) in [4.78, 5) is 25.7. The molecule has 1 aliphatic heterocycles. The first-order valence-electron chi connectivity index (χ1n) is 6.86. The highest BCUT2D eigenvalue weighted by Crippen LogP contribution is 2.16. The van der Waals surface area contributed by atoms with E-state index in [9.17, 15) is 18.0 Å². The molecule has 0 radical (unpaired) electrons. The predicted molar refractivity (Wildman–Crippen MR) is 80.8 cm³/mol. The van der Waals surface area contributed by atoms with Crippen LogP contribution < -0.4 is 5.32 Å². The Balaban J connectivity index is 2.24. The monoisotopic (exact) mass is 325 g/mol. The molecule has 1 aromatic rings. The Hall–Kier alpha value is -1.93. The van der Waals surface area contributed by atoms with Crippen LogP contribution in [0.4, 0.5) is 0 Å². The van der Waals surface area contributed by atoms with Gasteiger partial charge in [0.2, 0.25) is 15.9 Å². The maximum atomic E-state index is 12.4. The molecule has 8 heteroatoms. The molecule has 1 aromatic carbocycles. The maximum Gasteiger partial charge on any atom is 0.254 e. The highest BCUT2D eigenvalue weighted by molar-refractivity contribution is 7.89. The smallest absolute Gasteiger partial charge is 0.254 e. The van der Waals surface area contributed by atoms with Gasteiger partial charge in [0, 0.05) is 32.7 Å². The zero-order valence-corrected chi connectivity index (χ0v) is 13.6. The molecule has 1 aliphatic rings. The number of sulfonamides is 1. The summed E-state index contributed by atoms with van der Waals surface area (Å²) in [6.07, 6.45) is 0. The van der Waals surface area contributed by atoms with E-state index in [1.165, 1.54) is 43.3 Å². The third kappa shape index (κ3) is 2.97. The van der Waals surface area contributed by atoms with Gasteiger partial charge in [0.1, 0.15) is 6.04 Å². The summed E-state index contributed by atoms with van der Waals surface area (Å²) in [6.45, 7) is 2.52. The summed E-state index contributed by atoms with van der Waals surface area (Å²) in [7, 11) is -0.626. The molecule has 0 aromatic heterocycles. The minimum Gasteiger partial charge on any atom is -0.353 e. The summed E-state index contributed by atoms with van der Waals surface area (Å²) >= 11 is 0. The van der Waals surface area contributed by atoms with E-state index < -0.39 is 16.1 Å². The summed E-state index contributed by atoms with van der Waals surface area (Å²) in [5, 5.41) is 2.69. The fourth-order valence-electron chi connectivity index (χ4n) is 2.21. The van der Waals surface area contributed by atoms with Crippen molar-refractivity contribution in [3.05, 3.63) is 29.8 Å². The van der Waals surface area contributed by atoms with Crippen molar-refractivity contribution in [2.45, 2.75) is 17.9 Å². The molecule has 1 fully saturated rings. The van der Waals surface area contributed by atoms with E-state index in [0.29, 0.717) is 18.7 Å². The van der Waals surface area contributed by atoms with Crippen molar-refractivity contribution in [1.82, 2.24) is 14.5 Å². The number of hydrogen-bond donors (Lipinski definition) is 1. The second-order valence-corrected chi connectivity index (χ2v) is 7.43. The molecular weight excluding hydrogens is 306 g/mol. The van der Waals surface area contributed by atoms with Gasteiger partial charge in [0.15, 0.2) is 0 Å². The molecule has 22 heavy (non-hydrogen) atoms. The Morgan fingerprint density at radius 3 is 2.41 bits per heavy atom. The van der Waals surface area contributed by atoms with Crippen molar-refractivity contribution >= 4 is 21.8 Å². The van der Waals surface area contributed by atoms with Crippen molar-refractivity contribution in [2.24, 2.45) is 0 Å². The van der Waals surface area contributed by atoms with Gasteiger partial charge in [0.25, 0.3) is 5.91 Å². The largest absolute Gasteiger partial charge is 0.353 e. The zero-order chi connectivity index (χ0) is 16.5. The van der Waals surface area contributed by atoms with Crippen molar-refractivity contribution < 1.29 is 18.0 Å². The Morgan fingerprint density at radius 2 is 1.86 bits per heavy atom. The number of nitrogens with one attached hydrogen (secondary N) is 1. The van der Waals surface area contributed by atoms with Gasteiger partial charge in [0.05, 0.1) is 4.90 Å². The first-order chi connectivity index (χ1) is 10.2. The first kappa shape index (κ1) is 16.4. The lowest BCUT2D eigenvalue weighted by Crippen LogP contribution is -2.55. The van der Waals surface area contributed by atoms with Crippen molar-refractivity contribution in [1.29, 1.82) is 0 Å². The van der Waals surface area contributed by atoms with E-state index in [2.05, 4.69) is 5.32 Å². The van der Waals surface area contributed by atoms with Crippen molar-refractivity contribution in [2.75, 3.05) is 27.2 Å². The number of nitrogens with zero attached hydrogens (tertiary/aromatic N) is 2. The van der Waals surface area contributed by atoms with Gasteiger partial charge >= 0.3 is 0 Å². The van der Waals surface area contributed by atoms with E-state index in [1.807, 2.05) is 0 Å². The molecule has 0 aliphatic carbocycles. The average Bonchev–Trinajstić information content (AvgIpc) is 2.49. The first-order valence-corrected chi connectivity index (χ1v) is 8.30. The summed E-state index contributed by atoms with van der Waals surface area (Å²) in [6, 6.07) is 5.20. The lowest BCUT2D eigenvalue weighted by molar-refractivity contribution is -0.127. The molecule has 1 atom stereocenters. The number of benzene rings is 1. The fraction of sp³-hybridized carbons (Fsp3) is 0.429. The van der Waals surface area contributed by atoms with Gasteiger partial charge in [-0.15, -0.1) is 0 Å². The normalized spacial score (nSPS) is 19.2. The number of rotatable bonds is 3. The Bertz CT molecular complexity index is 683. The van der Waals surface area contributed by atoms with Crippen LogP contribution in [0.1, 0.15) is 17.3 Å². The fourth-order valence-corrected chi connectivity index (χ4v) is 3.11. The molecule has 1 unspecified atom stereocenters. The average molecular weight is 325 g/mol. The van der Waals surface area contributed by atoms with E-state index >= 15 is 0 Å². The predicted octanol–water partition coefficient (Wildman–Crippen LogP) is -0.103. The Labute approximate surface area is 129 Å². The molecule has 0 spiro atoms. The van der Waals surface area contributed by atoms with Crippen LogP contribution in [0.5, 0.6) is 0 Å². The lowest BCUT2D eigenvalue weighted by atomic mass is 10.1. The molecule has 120 valence electrons. The maximum absolute atomic E-state index is 12.4. The van der Waals surface area contributed by atoms with Gasteiger partial charge in [-0.3, -0.25) is 9.59 Å². The number of carbonyl (C=O) groups is 2. The number of amides is 2. The molecule has 1 N–H and O–H groups in total. The summed E-state index contributed by atoms with van der Waals surface area (Å²) in [5.74, 6) is -0.470. The second kappa shape index (κ2) is 6.05. The van der Waals surface area contributed by atoms with Gasteiger partial charge in [-0.2, -0.15) is 0 Å². The minimum absolute atomic E-state index is 0.124. The molecule has 0 saturated carbocycles. The molecule has 2 amide bonds. The second-order valence-electron chi connectivity index (χ2n) is 5.28. The quantitative estimate of drug-likeness (QED) is 0.840. The van der Waals surface area contributed by atoms with Gasteiger partial charge in [-0.05, 0) is 31.2 Å². The Kier molecular flexibility index (Phi) is 4.52. The van der Waals surface area contributed by atoms with E-state index in [4.69, 9.17) is 0 Å².